The lowest BCUT2D eigenvalue weighted by Crippen LogP contribution is -2.27. The maximum atomic E-state index is 11.8. The minimum atomic E-state index is -0.938. The molecule has 0 fully saturated rings. The number of carbonyl (C=O) groups excluding carboxylic acids is 1. The highest BCUT2D eigenvalue weighted by molar-refractivity contribution is 8.33. The third-order valence-electron chi connectivity index (χ3n) is 4.29. The van der Waals surface area contributed by atoms with Crippen molar-refractivity contribution in [3.63, 3.8) is 0 Å². The van der Waals surface area contributed by atoms with Crippen molar-refractivity contribution < 1.29 is 14.3 Å². The third-order valence-corrected chi connectivity index (χ3v) is 8.60. The van der Waals surface area contributed by atoms with Crippen LogP contribution in [0.15, 0.2) is 24.4 Å². The number of halogens is 1. The van der Waals surface area contributed by atoms with Crippen molar-refractivity contribution in [3.05, 3.63) is 35.1 Å². The van der Waals surface area contributed by atoms with Crippen LogP contribution in [0.5, 0.6) is 5.88 Å². The predicted octanol–water partition coefficient (Wildman–Crippen LogP) is 4.30. The number of rotatable bonds is 6. The quantitative estimate of drug-likeness (QED) is 0.535. The number of hydrogen-bond donors (Lipinski definition) is 0. The first-order valence-electron chi connectivity index (χ1n) is 8.28. The standard InChI is InChI=1S/C18H26ClN3O3S/c1-7-24-17(23)13-8-9-14(20-16(13)19)22-11-10-15(21-22)25-12-26(5,6)18(2,3)4/h8-11H,7,12H2,1-6H3. The molecule has 0 amide bonds. The topological polar surface area (TPSA) is 66.2 Å². The molecular weight excluding hydrogens is 374 g/mol. The molecule has 0 atom stereocenters. The highest BCUT2D eigenvalue weighted by atomic mass is 35.5. The Hall–Kier alpha value is -1.73. The van der Waals surface area contributed by atoms with Crippen LogP contribution in [-0.4, -0.2) is 50.5 Å². The van der Waals surface area contributed by atoms with Crippen LogP contribution in [0.1, 0.15) is 38.1 Å². The molecule has 0 N–H and O–H groups in total. The molecule has 2 aromatic rings. The van der Waals surface area contributed by atoms with Crippen molar-refractivity contribution in [2.45, 2.75) is 32.4 Å². The minimum Gasteiger partial charge on any atom is -0.467 e. The first kappa shape index (κ1) is 20.6. The van der Waals surface area contributed by atoms with Crippen LogP contribution >= 0.6 is 21.6 Å². The monoisotopic (exact) mass is 399 g/mol. The van der Waals surface area contributed by atoms with Gasteiger partial charge >= 0.3 is 5.97 Å². The molecule has 144 valence electrons. The Morgan fingerprint density at radius 3 is 2.54 bits per heavy atom. The van der Waals surface area contributed by atoms with Crippen LogP contribution in [0.25, 0.3) is 5.82 Å². The number of ether oxygens (including phenoxy) is 2. The molecule has 0 aliphatic heterocycles. The number of aromatic nitrogens is 3. The third kappa shape index (κ3) is 4.71. The second kappa shape index (κ2) is 7.88. The largest absolute Gasteiger partial charge is 0.467 e. The van der Waals surface area contributed by atoms with Gasteiger partial charge in [0.2, 0.25) is 5.88 Å². The molecule has 2 rings (SSSR count). The summed E-state index contributed by atoms with van der Waals surface area (Å²) in [7, 11) is -0.938. The number of pyridine rings is 1. The Balaban J connectivity index is 2.12. The molecule has 0 bridgehead atoms. The van der Waals surface area contributed by atoms with Crippen molar-refractivity contribution in [2.75, 3.05) is 25.1 Å². The summed E-state index contributed by atoms with van der Waals surface area (Å²) < 4.78 is 12.6. The molecule has 2 heterocycles. The van der Waals surface area contributed by atoms with E-state index in [0.29, 0.717) is 17.6 Å². The molecule has 0 radical (unpaired) electrons. The van der Waals surface area contributed by atoms with E-state index >= 15 is 0 Å². The van der Waals surface area contributed by atoms with E-state index in [0.717, 1.165) is 0 Å². The normalized spacial score (nSPS) is 12.7. The number of nitrogens with zero attached hydrogens (tertiary/aromatic N) is 3. The van der Waals surface area contributed by atoms with Gasteiger partial charge in [-0.05, 0) is 36.3 Å². The van der Waals surface area contributed by atoms with Gasteiger partial charge in [-0.2, -0.15) is 0 Å². The van der Waals surface area contributed by atoms with Crippen LogP contribution in [-0.2, 0) is 4.74 Å². The van der Waals surface area contributed by atoms with Crippen LogP contribution in [0.3, 0.4) is 0 Å². The summed E-state index contributed by atoms with van der Waals surface area (Å²) in [6.07, 6.45) is 6.25. The van der Waals surface area contributed by atoms with E-state index in [-0.39, 0.29) is 22.1 Å². The Kier molecular flexibility index (Phi) is 6.24. The van der Waals surface area contributed by atoms with Crippen LogP contribution < -0.4 is 4.74 Å². The number of esters is 1. The lowest BCUT2D eigenvalue weighted by Gasteiger charge is -2.43. The van der Waals surface area contributed by atoms with Crippen molar-refractivity contribution in [1.82, 2.24) is 14.8 Å². The lowest BCUT2D eigenvalue weighted by atomic mass is 10.3. The highest BCUT2D eigenvalue weighted by Crippen LogP contribution is 2.52. The fourth-order valence-electron chi connectivity index (χ4n) is 1.81. The summed E-state index contributed by atoms with van der Waals surface area (Å²) in [5.41, 5.74) is 0.233. The lowest BCUT2D eigenvalue weighted by molar-refractivity contribution is 0.0526. The minimum absolute atomic E-state index is 0.0808. The highest BCUT2D eigenvalue weighted by Gasteiger charge is 2.28. The molecule has 8 heteroatoms. The van der Waals surface area contributed by atoms with Crippen LogP contribution in [0.4, 0.5) is 0 Å². The van der Waals surface area contributed by atoms with E-state index in [9.17, 15) is 4.79 Å². The molecule has 26 heavy (non-hydrogen) atoms. The molecule has 0 aliphatic carbocycles. The van der Waals surface area contributed by atoms with Crippen molar-refractivity contribution in [3.8, 4) is 11.7 Å². The molecule has 0 saturated carbocycles. The first-order chi connectivity index (χ1) is 12.0. The Bertz CT molecular complexity index is 784. The van der Waals surface area contributed by atoms with E-state index in [4.69, 9.17) is 21.1 Å². The smallest absolute Gasteiger partial charge is 0.341 e. The molecule has 0 aromatic carbocycles. The second-order valence-electron chi connectivity index (χ2n) is 7.24. The van der Waals surface area contributed by atoms with Gasteiger partial charge in [0, 0.05) is 12.3 Å². The fraction of sp³-hybridized carbons (Fsp3) is 0.500. The fourth-order valence-corrected chi connectivity index (χ4v) is 2.81. The summed E-state index contributed by atoms with van der Waals surface area (Å²) in [5.74, 6) is 1.17. The van der Waals surface area contributed by atoms with Crippen molar-refractivity contribution in [2.24, 2.45) is 0 Å². The van der Waals surface area contributed by atoms with E-state index in [2.05, 4.69) is 43.4 Å². The zero-order valence-corrected chi connectivity index (χ0v) is 17.6. The average molecular weight is 400 g/mol. The molecule has 0 unspecified atom stereocenters. The molecule has 2 aromatic heterocycles. The Morgan fingerprint density at radius 1 is 1.27 bits per heavy atom. The van der Waals surface area contributed by atoms with Gasteiger partial charge < -0.3 is 9.47 Å². The molecule has 0 saturated heterocycles. The van der Waals surface area contributed by atoms with E-state index in [1.54, 1.807) is 36.0 Å². The summed E-state index contributed by atoms with van der Waals surface area (Å²) in [5, 5.41) is 4.47. The predicted molar refractivity (Wildman–Crippen MR) is 107 cm³/mol. The van der Waals surface area contributed by atoms with Gasteiger partial charge in [0.1, 0.15) is 11.1 Å². The van der Waals surface area contributed by atoms with Crippen molar-refractivity contribution in [1.29, 1.82) is 0 Å². The maximum absolute atomic E-state index is 11.8. The van der Waals surface area contributed by atoms with E-state index in [1.165, 1.54) is 0 Å². The van der Waals surface area contributed by atoms with Crippen molar-refractivity contribution >= 4 is 27.6 Å². The van der Waals surface area contributed by atoms with Crippen LogP contribution in [0.2, 0.25) is 5.15 Å². The second-order valence-corrected chi connectivity index (χ2v) is 12.1. The average Bonchev–Trinajstić information content (AvgIpc) is 3.01. The number of carbonyl (C=O) groups is 1. The van der Waals surface area contributed by atoms with Gasteiger partial charge in [-0.1, -0.05) is 32.4 Å². The molecule has 6 nitrogen and oxygen atoms in total. The first-order valence-corrected chi connectivity index (χ1v) is 11.3. The molecular formula is C18H26ClN3O3S. The number of hydrogen-bond acceptors (Lipinski definition) is 5. The molecule has 0 aliphatic rings. The SMILES string of the molecule is CCOC(=O)c1ccc(-n2ccc(OCS(C)(C)C(C)(C)C)n2)nc1Cl. The van der Waals surface area contributed by atoms with Crippen LogP contribution in [0, 0.1) is 0 Å². The Morgan fingerprint density at radius 2 is 1.96 bits per heavy atom. The summed E-state index contributed by atoms with van der Waals surface area (Å²) in [6.45, 7) is 8.69. The maximum Gasteiger partial charge on any atom is 0.341 e. The summed E-state index contributed by atoms with van der Waals surface area (Å²) >= 11 is 6.11. The van der Waals surface area contributed by atoms with Gasteiger partial charge in [-0.15, -0.1) is 5.10 Å². The van der Waals surface area contributed by atoms with Gasteiger partial charge in [-0.25, -0.2) is 24.5 Å². The zero-order chi connectivity index (χ0) is 19.5. The van der Waals surface area contributed by atoms with E-state index in [1.807, 2.05) is 0 Å². The van der Waals surface area contributed by atoms with Gasteiger partial charge in [-0.3, -0.25) is 0 Å². The zero-order valence-electron chi connectivity index (χ0n) is 16.1. The summed E-state index contributed by atoms with van der Waals surface area (Å²) in [6, 6.07) is 5.03. The molecule has 0 spiro atoms. The Labute approximate surface area is 161 Å². The van der Waals surface area contributed by atoms with Gasteiger partial charge in [0.05, 0.1) is 12.2 Å². The van der Waals surface area contributed by atoms with Gasteiger partial charge in [0.25, 0.3) is 0 Å². The van der Waals surface area contributed by atoms with Gasteiger partial charge in [0.15, 0.2) is 5.82 Å². The summed E-state index contributed by atoms with van der Waals surface area (Å²) in [4.78, 5) is 16.0. The van der Waals surface area contributed by atoms with E-state index < -0.39 is 16.0 Å².